The summed E-state index contributed by atoms with van der Waals surface area (Å²) in [5.74, 6) is -1.11. The van der Waals surface area contributed by atoms with Gasteiger partial charge in [-0.15, -0.1) is 12.4 Å². The van der Waals surface area contributed by atoms with E-state index in [-0.39, 0.29) is 36.1 Å². The molecule has 1 fully saturated rings. The van der Waals surface area contributed by atoms with Gasteiger partial charge >= 0.3 is 7.12 Å². The Labute approximate surface area is 157 Å². The molecule has 0 aromatic carbocycles. The maximum atomic E-state index is 12.8. The van der Waals surface area contributed by atoms with Gasteiger partial charge in [-0.1, -0.05) is 34.6 Å². The summed E-state index contributed by atoms with van der Waals surface area (Å²) in [6, 6.07) is -0.644. The number of hydrogen-bond donors (Lipinski definition) is 4. The topological polar surface area (TPSA) is 116 Å². The molecule has 7 nitrogen and oxygen atoms in total. The molecule has 1 saturated heterocycles. The van der Waals surface area contributed by atoms with Gasteiger partial charge in [0.2, 0.25) is 11.8 Å². The first-order valence-electron chi connectivity index (χ1n) is 8.81. The van der Waals surface area contributed by atoms with Crippen LogP contribution in [0.3, 0.4) is 0 Å². The van der Waals surface area contributed by atoms with Crippen LogP contribution in [-0.2, 0) is 9.59 Å². The smallest absolute Gasteiger partial charge is 0.426 e. The van der Waals surface area contributed by atoms with Crippen LogP contribution in [0.5, 0.6) is 0 Å². The molecule has 1 heterocycles. The fourth-order valence-corrected chi connectivity index (χ4v) is 3.10. The van der Waals surface area contributed by atoms with Crippen LogP contribution < -0.4 is 11.1 Å². The van der Waals surface area contributed by atoms with Gasteiger partial charge in [-0.25, -0.2) is 0 Å². The molecule has 0 aromatic rings. The van der Waals surface area contributed by atoms with E-state index in [4.69, 9.17) is 5.73 Å². The zero-order valence-corrected chi connectivity index (χ0v) is 16.7. The van der Waals surface area contributed by atoms with Crippen molar-refractivity contribution in [2.75, 3.05) is 6.54 Å². The minimum absolute atomic E-state index is 0. The summed E-state index contributed by atoms with van der Waals surface area (Å²) in [6.45, 7) is 9.99. The van der Waals surface area contributed by atoms with Crippen LogP contribution in [0.1, 0.15) is 53.9 Å². The van der Waals surface area contributed by atoms with E-state index >= 15 is 0 Å². The summed E-state index contributed by atoms with van der Waals surface area (Å²) in [4.78, 5) is 27.1. The Bertz CT molecular complexity index is 465. The standard InChI is InChI=1S/C16H32BN3O4.ClH/c1-6-13(17(23)24)19-14(21)12(9-10(2)3)20-8-7-16(18,11(4)5)15(20)22;/h10-13,23-24H,6-9,18H2,1-5H3,(H,19,21);1H/t12-,13?,16?;/m1./s1. The highest BCUT2D eigenvalue weighted by Gasteiger charge is 2.49. The number of nitrogens with two attached hydrogens (primary N) is 1. The first-order valence-corrected chi connectivity index (χ1v) is 8.81. The van der Waals surface area contributed by atoms with Gasteiger partial charge in [0.25, 0.3) is 0 Å². The van der Waals surface area contributed by atoms with Crippen molar-refractivity contribution in [1.82, 2.24) is 10.2 Å². The summed E-state index contributed by atoms with van der Waals surface area (Å²) < 4.78 is 0. The minimum atomic E-state index is -1.63. The summed E-state index contributed by atoms with van der Waals surface area (Å²) in [5.41, 5.74) is 5.34. The van der Waals surface area contributed by atoms with Crippen molar-refractivity contribution in [2.45, 2.75) is 71.4 Å². The lowest BCUT2D eigenvalue weighted by Crippen LogP contribution is -2.58. The third kappa shape index (κ3) is 5.57. The highest BCUT2D eigenvalue weighted by atomic mass is 35.5. The molecule has 1 rings (SSSR count). The fraction of sp³-hybridized carbons (Fsp3) is 0.875. The molecule has 5 N–H and O–H groups in total. The third-order valence-electron chi connectivity index (χ3n) is 4.96. The van der Waals surface area contributed by atoms with Gasteiger partial charge in [0, 0.05) is 6.54 Å². The third-order valence-corrected chi connectivity index (χ3v) is 4.96. The van der Waals surface area contributed by atoms with E-state index in [1.54, 1.807) is 11.8 Å². The number of rotatable bonds is 8. The molecule has 25 heavy (non-hydrogen) atoms. The van der Waals surface area contributed by atoms with E-state index < -0.39 is 24.6 Å². The predicted octanol–water partition coefficient (Wildman–Crippen LogP) is 0.316. The number of carbonyl (C=O) groups is 2. The molecule has 1 aliphatic heterocycles. The molecule has 2 amide bonds. The lowest BCUT2D eigenvalue weighted by Gasteiger charge is -2.32. The number of hydrogen-bond acceptors (Lipinski definition) is 5. The van der Waals surface area contributed by atoms with Crippen molar-refractivity contribution in [3.05, 3.63) is 0 Å². The van der Waals surface area contributed by atoms with Gasteiger partial charge in [-0.05, 0) is 31.1 Å². The van der Waals surface area contributed by atoms with Crippen molar-refractivity contribution >= 4 is 31.3 Å². The van der Waals surface area contributed by atoms with Gasteiger partial charge in [0.05, 0.1) is 11.5 Å². The Balaban J connectivity index is 0.00000576. The Kier molecular flexibility index (Phi) is 9.44. The maximum absolute atomic E-state index is 12.8. The largest absolute Gasteiger partial charge is 0.475 e. The predicted molar refractivity (Wildman–Crippen MR) is 101 cm³/mol. The summed E-state index contributed by atoms with van der Waals surface area (Å²) in [5, 5.41) is 21.3. The van der Waals surface area contributed by atoms with Gasteiger partial charge < -0.3 is 26.0 Å². The molecule has 0 aromatic heterocycles. The second-order valence-electron chi connectivity index (χ2n) is 7.53. The van der Waals surface area contributed by atoms with Crippen LogP contribution >= 0.6 is 12.4 Å². The number of amides is 2. The van der Waals surface area contributed by atoms with E-state index in [1.165, 1.54) is 0 Å². The first kappa shape index (κ1) is 24.2. The van der Waals surface area contributed by atoms with Gasteiger partial charge in [-0.2, -0.15) is 0 Å². The Morgan fingerprint density at radius 1 is 1.36 bits per heavy atom. The van der Waals surface area contributed by atoms with Crippen LogP contribution in [0.25, 0.3) is 0 Å². The summed E-state index contributed by atoms with van der Waals surface area (Å²) >= 11 is 0. The number of halogens is 1. The van der Waals surface area contributed by atoms with Crippen molar-refractivity contribution in [1.29, 1.82) is 0 Å². The minimum Gasteiger partial charge on any atom is -0.426 e. The maximum Gasteiger partial charge on any atom is 0.475 e. The van der Waals surface area contributed by atoms with Crippen LogP contribution in [0.15, 0.2) is 0 Å². The van der Waals surface area contributed by atoms with Crippen molar-refractivity contribution in [2.24, 2.45) is 17.6 Å². The first-order chi connectivity index (χ1) is 11.0. The highest BCUT2D eigenvalue weighted by Crippen LogP contribution is 2.30. The lowest BCUT2D eigenvalue weighted by molar-refractivity contribution is -0.141. The molecule has 0 spiro atoms. The highest BCUT2D eigenvalue weighted by molar-refractivity contribution is 6.43. The molecular formula is C16H33BClN3O4. The monoisotopic (exact) mass is 377 g/mol. The Morgan fingerprint density at radius 3 is 2.28 bits per heavy atom. The van der Waals surface area contributed by atoms with Crippen LogP contribution in [-0.4, -0.2) is 57.9 Å². The molecule has 2 unspecified atom stereocenters. The molecule has 9 heteroatoms. The number of nitrogens with one attached hydrogen (secondary N) is 1. The van der Waals surface area contributed by atoms with Crippen molar-refractivity contribution in [3.63, 3.8) is 0 Å². The fourth-order valence-electron chi connectivity index (χ4n) is 3.10. The number of likely N-dealkylation sites (tertiary alicyclic amines) is 1. The van der Waals surface area contributed by atoms with E-state index in [9.17, 15) is 19.6 Å². The van der Waals surface area contributed by atoms with Gasteiger partial charge in [-0.3, -0.25) is 9.59 Å². The van der Waals surface area contributed by atoms with E-state index in [1.807, 2.05) is 27.7 Å². The molecule has 3 atom stereocenters. The number of carbonyl (C=O) groups excluding carboxylic acids is 2. The van der Waals surface area contributed by atoms with Crippen molar-refractivity contribution < 1.29 is 19.6 Å². The molecule has 0 saturated carbocycles. The Morgan fingerprint density at radius 2 is 1.92 bits per heavy atom. The molecule has 0 bridgehead atoms. The van der Waals surface area contributed by atoms with Crippen LogP contribution in [0, 0.1) is 11.8 Å². The van der Waals surface area contributed by atoms with Crippen molar-refractivity contribution in [3.8, 4) is 0 Å². The van der Waals surface area contributed by atoms with Crippen LogP contribution in [0.2, 0.25) is 0 Å². The summed E-state index contributed by atoms with van der Waals surface area (Å²) in [6.07, 6.45) is 1.41. The molecular weight excluding hydrogens is 344 g/mol. The van der Waals surface area contributed by atoms with Crippen LogP contribution in [0.4, 0.5) is 0 Å². The molecule has 1 aliphatic rings. The quantitative estimate of drug-likeness (QED) is 0.454. The van der Waals surface area contributed by atoms with E-state index in [2.05, 4.69) is 5.32 Å². The average Bonchev–Trinajstić information content (AvgIpc) is 2.79. The average molecular weight is 378 g/mol. The molecule has 0 aliphatic carbocycles. The van der Waals surface area contributed by atoms with Gasteiger partial charge in [0.1, 0.15) is 6.04 Å². The molecule has 146 valence electrons. The lowest BCUT2D eigenvalue weighted by atomic mass is 9.77. The molecule has 0 radical (unpaired) electrons. The normalized spacial score (nSPS) is 22.8. The SMILES string of the molecule is CCC(NC(=O)[C@@H](CC(C)C)N1CCC(N)(C(C)C)C1=O)B(O)O.Cl. The number of nitrogens with zero attached hydrogens (tertiary/aromatic N) is 1. The zero-order chi connectivity index (χ0) is 18.7. The summed E-state index contributed by atoms with van der Waals surface area (Å²) in [7, 11) is -1.63. The zero-order valence-electron chi connectivity index (χ0n) is 15.9. The second kappa shape index (κ2) is 9.76. The van der Waals surface area contributed by atoms with E-state index in [0.717, 1.165) is 0 Å². The second-order valence-corrected chi connectivity index (χ2v) is 7.53. The van der Waals surface area contributed by atoms with Gasteiger partial charge in [0.15, 0.2) is 0 Å². The van der Waals surface area contributed by atoms with E-state index in [0.29, 0.717) is 25.8 Å². The Hall–Kier alpha value is -0.825.